The van der Waals surface area contributed by atoms with E-state index in [9.17, 15) is 4.79 Å². The Morgan fingerprint density at radius 2 is 1.75 bits per heavy atom. The van der Waals surface area contributed by atoms with Crippen molar-refractivity contribution in [3.05, 3.63) is 106 Å². The van der Waals surface area contributed by atoms with E-state index in [2.05, 4.69) is 24.3 Å². The lowest BCUT2D eigenvalue weighted by molar-refractivity contribution is -0.113. The minimum Gasteiger partial charge on any atom is -0.494 e. The van der Waals surface area contributed by atoms with Crippen molar-refractivity contribution in [2.75, 3.05) is 11.5 Å². The zero-order valence-corrected chi connectivity index (χ0v) is 21.8. The van der Waals surface area contributed by atoms with Crippen LogP contribution in [0.1, 0.15) is 18.1 Å². The molecule has 1 aliphatic rings. The molecule has 0 N–H and O–H groups in total. The summed E-state index contributed by atoms with van der Waals surface area (Å²) in [6.45, 7) is 2.89. The lowest BCUT2D eigenvalue weighted by Gasteiger charge is -2.15. The first-order valence-electron chi connectivity index (χ1n) is 11.4. The molecule has 1 saturated heterocycles. The van der Waals surface area contributed by atoms with Crippen LogP contribution in [0.2, 0.25) is 5.02 Å². The summed E-state index contributed by atoms with van der Waals surface area (Å²) in [5.41, 5.74) is 2.49. The van der Waals surface area contributed by atoms with Gasteiger partial charge in [0.1, 0.15) is 18.1 Å². The molecule has 4 nitrogen and oxygen atoms in total. The number of fused-ring (bicyclic) bond motifs is 1. The summed E-state index contributed by atoms with van der Waals surface area (Å²) < 4.78 is 12.2. The Morgan fingerprint density at radius 3 is 2.56 bits per heavy atom. The fourth-order valence-corrected chi connectivity index (χ4v) is 5.50. The molecule has 1 amide bonds. The molecule has 0 spiro atoms. The Balaban J connectivity index is 1.40. The van der Waals surface area contributed by atoms with Gasteiger partial charge in [-0.3, -0.25) is 9.69 Å². The van der Waals surface area contributed by atoms with Gasteiger partial charge in [-0.05, 0) is 71.8 Å². The van der Waals surface area contributed by atoms with Crippen molar-refractivity contribution in [1.29, 1.82) is 0 Å². The quantitative estimate of drug-likeness (QED) is 0.179. The number of thioether (sulfide) groups is 1. The lowest BCUT2D eigenvalue weighted by atomic mass is 10.1. The van der Waals surface area contributed by atoms with Gasteiger partial charge in [0.15, 0.2) is 4.32 Å². The van der Waals surface area contributed by atoms with Gasteiger partial charge in [-0.15, -0.1) is 0 Å². The fraction of sp³-hybridized carbons (Fsp3) is 0.103. The topological polar surface area (TPSA) is 38.8 Å². The predicted molar refractivity (Wildman–Crippen MR) is 153 cm³/mol. The number of carbonyl (C=O) groups is 1. The van der Waals surface area contributed by atoms with E-state index >= 15 is 0 Å². The maximum absolute atomic E-state index is 13.3. The first-order chi connectivity index (χ1) is 17.5. The molecule has 5 rings (SSSR count). The molecule has 0 aliphatic carbocycles. The van der Waals surface area contributed by atoms with Gasteiger partial charge in [-0.25, -0.2) is 0 Å². The van der Waals surface area contributed by atoms with Gasteiger partial charge in [0.05, 0.1) is 17.2 Å². The van der Waals surface area contributed by atoms with Gasteiger partial charge < -0.3 is 9.47 Å². The van der Waals surface area contributed by atoms with E-state index in [1.165, 1.54) is 16.7 Å². The number of thiocarbonyl (C=S) groups is 1. The van der Waals surface area contributed by atoms with Crippen LogP contribution in [0.15, 0.2) is 89.8 Å². The molecule has 0 saturated carbocycles. The highest BCUT2D eigenvalue weighted by Crippen LogP contribution is 2.38. The van der Waals surface area contributed by atoms with E-state index in [4.69, 9.17) is 33.3 Å². The molecule has 0 bridgehead atoms. The van der Waals surface area contributed by atoms with Crippen LogP contribution >= 0.6 is 35.6 Å². The highest BCUT2D eigenvalue weighted by molar-refractivity contribution is 8.27. The van der Waals surface area contributed by atoms with Gasteiger partial charge in [-0.1, -0.05) is 78.0 Å². The molecule has 180 valence electrons. The molecule has 1 aliphatic heterocycles. The third kappa shape index (κ3) is 5.12. The number of hydrogen-bond donors (Lipinski definition) is 0. The Labute approximate surface area is 224 Å². The van der Waals surface area contributed by atoms with Crippen LogP contribution in [0.3, 0.4) is 0 Å². The van der Waals surface area contributed by atoms with Gasteiger partial charge >= 0.3 is 0 Å². The Bertz CT molecular complexity index is 1480. The SMILES string of the molecule is CCOc1ccc(N2C(=O)C(=Cc3cc(Cl)ccc3OCc3cccc4ccccc34)SC2=S)cc1. The molecule has 36 heavy (non-hydrogen) atoms. The van der Waals surface area contributed by atoms with Crippen molar-refractivity contribution < 1.29 is 14.3 Å². The smallest absolute Gasteiger partial charge is 0.270 e. The van der Waals surface area contributed by atoms with E-state index in [1.807, 2.05) is 55.5 Å². The number of nitrogens with zero attached hydrogens (tertiary/aromatic N) is 1. The molecular formula is C29H22ClNO3S2. The van der Waals surface area contributed by atoms with Crippen molar-refractivity contribution in [3.63, 3.8) is 0 Å². The summed E-state index contributed by atoms with van der Waals surface area (Å²) in [5, 5.41) is 2.86. The summed E-state index contributed by atoms with van der Waals surface area (Å²) in [7, 11) is 0. The highest BCUT2D eigenvalue weighted by atomic mass is 35.5. The zero-order chi connectivity index (χ0) is 25.1. The van der Waals surface area contributed by atoms with Crippen molar-refractivity contribution in [3.8, 4) is 11.5 Å². The molecule has 0 unspecified atom stereocenters. The Hall–Kier alpha value is -3.32. The molecule has 1 fully saturated rings. The minimum atomic E-state index is -0.186. The van der Waals surface area contributed by atoms with Crippen LogP contribution in [0.4, 0.5) is 5.69 Å². The second-order valence-corrected chi connectivity index (χ2v) is 10.2. The standard InChI is InChI=1S/C29H22ClNO3S2/c1-2-33-24-13-11-23(12-14-24)31-28(32)27(36-29(31)35)17-21-16-22(30)10-15-26(21)34-18-20-8-5-7-19-6-3-4-9-25(19)20/h3-17H,2,18H2,1H3. The second kappa shape index (κ2) is 10.7. The van der Waals surface area contributed by atoms with Crippen molar-refractivity contribution in [2.45, 2.75) is 13.5 Å². The number of carbonyl (C=O) groups excluding carboxylic acids is 1. The largest absolute Gasteiger partial charge is 0.494 e. The summed E-state index contributed by atoms with van der Waals surface area (Å²) in [4.78, 5) is 15.3. The highest BCUT2D eigenvalue weighted by Gasteiger charge is 2.33. The molecular weight excluding hydrogens is 510 g/mol. The molecule has 0 aromatic heterocycles. The number of anilines is 1. The molecule has 4 aromatic carbocycles. The fourth-order valence-electron chi connectivity index (χ4n) is 4.03. The van der Waals surface area contributed by atoms with Crippen LogP contribution in [-0.4, -0.2) is 16.8 Å². The maximum Gasteiger partial charge on any atom is 0.270 e. The number of ether oxygens (including phenoxy) is 2. The number of halogens is 1. The van der Waals surface area contributed by atoms with Crippen LogP contribution in [0.25, 0.3) is 16.8 Å². The van der Waals surface area contributed by atoms with Gasteiger partial charge in [0.25, 0.3) is 5.91 Å². The first-order valence-corrected chi connectivity index (χ1v) is 13.0. The van der Waals surface area contributed by atoms with E-state index in [-0.39, 0.29) is 5.91 Å². The van der Waals surface area contributed by atoms with Crippen LogP contribution < -0.4 is 14.4 Å². The van der Waals surface area contributed by atoms with E-state index in [0.717, 1.165) is 27.6 Å². The first kappa shape index (κ1) is 24.4. The summed E-state index contributed by atoms with van der Waals surface area (Å²) >= 11 is 13.1. The average molecular weight is 532 g/mol. The lowest BCUT2D eigenvalue weighted by Crippen LogP contribution is -2.27. The zero-order valence-electron chi connectivity index (χ0n) is 19.4. The monoisotopic (exact) mass is 531 g/mol. The summed E-state index contributed by atoms with van der Waals surface area (Å²) in [6.07, 6.45) is 1.79. The average Bonchev–Trinajstić information content (AvgIpc) is 3.16. The summed E-state index contributed by atoms with van der Waals surface area (Å²) in [6, 6.07) is 27.1. The van der Waals surface area contributed by atoms with Gasteiger partial charge in [0.2, 0.25) is 0 Å². The van der Waals surface area contributed by atoms with Crippen molar-refractivity contribution in [2.24, 2.45) is 0 Å². The number of rotatable bonds is 7. The third-order valence-electron chi connectivity index (χ3n) is 5.72. The van der Waals surface area contributed by atoms with E-state index in [0.29, 0.717) is 38.9 Å². The molecule has 0 atom stereocenters. The van der Waals surface area contributed by atoms with E-state index < -0.39 is 0 Å². The summed E-state index contributed by atoms with van der Waals surface area (Å²) in [5.74, 6) is 1.20. The van der Waals surface area contributed by atoms with Crippen molar-refractivity contribution >= 4 is 68.3 Å². The minimum absolute atomic E-state index is 0.186. The number of benzene rings is 4. The van der Waals surface area contributed by atoms with Gasteiger partial charge in [-0.2, -0.15) is 0 Å². The van der Waals surface area contributed by atoms with E-state index in [1.54, 1.807) is 18.2 Å². The second-order valence-electron chi connectivity index (χ2n) is 8.05. The van der Waals surface area contributed by atoms with Crippen LogP contribution in [-0.2, 0) is 11.4 Å². The van der Waals surface area contributed by atoms with Crippen LogP contribution in [0.5, 0.6) is 11.5 Å². The predicted octanol–water partition coefficient (Wildman–Crippen LogP) is 7.88. The molecule has 0 radical (unpaired) electrons. The molecule has 4 aromatic rings. The van der Waals surface area contributed by atoms with Crippen LogP contribution in [0, 0.1) is 0 Å². The maximum atomic E-state index is 13.3. The molecule has 7 heteroatoms. The third-order valence-corrected chi connectivity index (χ3v) is 7.26. The number of amides is 1. The van der Waals surface area contributed by atoms with Gasteiger partial charge in [0, 0.05) is 10.6 Å². The number of hydrogen-bond acceptors (Lipinski definition) is 5. The Morgan fingerprint density at radius 1 is 0.972 bits per heavy atom. The molecule has 1 heterocycles. The Kier molecular flexibility index (Phi) is 7.28. The van der Waals surface area contributed by atoms with Crippen molar-refractivity contribution in [1.82, 2.24) is 0 Å². The normalized spacial score (nSPS) is 14.6.